The third kappa shape index (κ3) is 2.40. The lowest BCUT2D eigenvalue weighted by Crippen LogP contribution is -2.20. The Hall–Kier alpha value is -0.820. The van der Waals surface area contributed by atoms with Gasteiger partial charge in [0.15, 0.2) is 0 Å². The van der Waals surface area contributed by atoms with Gasteiger partial charge in [0.05, 0.1) is 0 Å². The van der Waals surface area contributed by atoms with Crippen molar-refractivity contribution in [3.05, 3.63) is 35.4 Å². The minimum Gasteiger partial charge on any atom is -0.309 e. The number of aryl methyl sites for hydroxylation is 1. The Kier molecular flexibility index (Phi) is 2.83. The second kappa shape index (κ2) is 3.97. The lowest BCUT2D eigenvalue weighted by molar-refractivity contribution is 0.541. The quantitative estimate of drug-likeness (QED) is 0.792. The second-order valence-corrected chi connectivity index (χ2v) is 5.25. The molecular formula is C14H21N. The summed E-state index contributed by atoms with van der Waals surface area (Å²) in [5.74, 6) is 0. The molecule has 0 amide bonds. The number of benzene rings is 1. The minimum atomic E-state index is 0.529. The van der Waals surface area contributed by atoms with Crippen molar-refractivity contribution in [2.45, 2.75) is 46.2 Å². The van der Waals surface area contributed by atoms with Crippen molar-refractivity contribution < 1.29 is 0 Å². The van der Waals surface area contributed by atoms with Gasteiger partial charge in [0.25, 0.3) is 0 Å². The fraction of sp³-hybridized carbons (Fsp3) is 0.571. The Labute approximate surface area is 92.9 Å². The predicted molar refractivity (Wildman–Crippen MR) is 64.8 cm³/mol. The monoisotopic (exact) mass is 203 g/mol. The molecule has 1 saturated carbocycles. The molecule has 0 aromatic heterocycles. The van der Waals surface area contributed by atoms with E-state index in [0.717, 1.165) is 19.0 Å². The Bertz CT molecular complexity index is 341. The summed E-state index contributed by atoms with van der Waals surface area (Å²) in [6.45, 7) is 7.91. The highest BCUT2D eigenvalue weighted by Gasteiger charge is 2.44. The maximum absolute atomic E-state index is 3.64. The van der Waals surface area contributed by atoms with Crippen LogP contribution in [0.2, 0.25) is 0 Å². The SMILES string of the molecule is CCc1ccccc1CNC1CC1(C)C. The average molecular weight is 203 g/mol. The summed E-state index contributed by atoms with van der Waals surface area (Å²) in [5, 5.41) is 3.64. The van der Waals surface area contributed by atoms with Gasteiger partial charge < -0.3 is 5.32 Å². The van der Waals surface area contributed by atoms with Crippen LogP contribution in [0.4, 0.5) is 0 Å². The van der Waals surface area contributed by atoms with Crippen molar-refractivity contribution in [3.8, 4) is 0 Å². The van der Waals surface area contributed by atoms with Crippen molar-refractivity contribution in [1.82, 2.24) is 5.32 Å². The molecule has 0 radical (unpaired) electrons. The van der Waals surface area contributed by atoms with Crippen molar-refractivity contribution >= 4 is 0 Å². The van der Waals surface area contributed by atoms with Crippen LogP contribution in [0.3, 0.4) is 0 Å². The lowest BCUT2D eigenvalue weighted by atomic mass is 10.1. The molecule has 0 spiro atoms. The molecule has 82 valence electrons. The summed E-state index contributed by atoms with van der Waals surface area (Å²) >= 11 is 0. The van der Waals surface area contributed by atoms with E-state index in [1.807, 2.05) is 0 Å². The van der Waals surface area contributed by atoms with E-state index in [1.54, 1.807) is 0 Å². The van der Waals surface area contributed by atoms with Gasteiger partial charge in [0.1, 0.15) is 0 Å². The summed E-state index contributed by atoms with van der Waals surface area (Å²) in [6, 6.07) is 9.45. The molecule has 0 aliphatic heterocycles. The number of hydrogen-bond acceptors (Lipinski definition) is 1. The van der Waals surface area contributed by atoms with Gasteiger partial charge in [-0.1, -0.05) is 45.0 Å². The third-order valence-corrected chi connectivity index (χ3v) is 3.55. The minimum absolute atomic E-state index is 0.529. The van der Waals surface area contributed by atoms with E-state index in [0.29, 0.717) is 5.41 Å². The number of nitrogens with one attached hydrogen (secondary N) is 1. The van der Waals surface area contributed by atoms with Gasteiger partial charge in [-0.15, -0.1) is 0 Å². The first kappa shape index (κ1) is 10.7. The highest BCUT2D eigenvalue weighted by Crippen LogP contribution is 2.44. The van der Waals surface area contributed by atoms with E-state index in [2.05, 4.69) is 50.4 Å². The van der Waals surface area contributed by atoms with Gasteiger partial charge in [-0.05, 0) is 29.4 Å². The third-order valence-electron chi connectivity index (χ3n) is 3.55. The molecule has 1 heteroatoms. The zero-order valence-electron chi connectivity index (χ0n) is 10.0. The first-order valence-corrected chi connectivity index (χ1v) is 5.93. The molecule has 1 fully saturated rings. The molecule has 1 atom stereocenters. The standard InChI is InChI=1S/C14H21N/c1-4-11-7-5-6-8-12(11)10-15-13-9-14(13,2)3/h5-8,13,15H,4,9-10H2,1-3H3. The Morgan fingerprint density at radius 2 is 1.87 bits per heavy atom. The van der Waals surface area contributed by atoms with E-state index in [9.17, 15) is 0 Å². The van der Waals surface area contributed by atoms with Gasteiger partial charge in [-0.25, -0.2) is 0 Å². The molecule has 0 saturated heterocycles. The Morgan fingerprint density at radius 3 is 2.40 bits per heavy atom. The fourth-order valence-electron chi connectivity index (χ4n) is 2.12. The van der Waals surface area contributed by atoms with Crippen LogP contribution in [-0.4, -0.2) is 6.04 Å². The van der Waals surface area contributed by atoms with Crippen LogP contribution in [0.25, 0.3) is 0 Å². The van der Waals surface area contributed by atoms with Gasteiger partial charge in [-0.2, -0.15) is 0 Å². The van der Waals surface area contributed by atoms with Crippen LogP contribution in [0, 0.1) is 5.41 Å². The van der Waals surface area contributed by atoms with E-state index in [-0.39, 0.29) is 0 Å². The molecule has 0 heterocycles. The molecule has 15 heavy (non-hydrogen) atoms. The molecular weight excluding hydrogens is 182 g/mol. The lowest BCUT2D eigenvalue weighted by Gasteiger charge is -2.10. The summed E-state index contributed by atoms with van der Waals surface area (Å²) in [7, 11) is 0. The molecule has 1 aromatic carbocycles. The van der Waals surface area contributed by atoms with E-state index in [1.165, 1.54) is 17.5 Å². The van der Waals surface area contributed by atoms with Gasteiger partial charge >= 0.3 is 0 Å². The van der Waals surface area contributed by atoms with Crippen LogP contribution in [0.15, 0.2) is 24.3 Å². The summed E-state index contributed by atoms with van der Waals surface area (Å²) < 4.78 is 0. The fourth-order valence-corrected chi connectivity index (χ4v) is 2.12. The van der Waals surface area contributed by atoms with Crippen LogP contribution < -0.4 is 5.32 Å². The number of hydrogen-bond donors (Lipinski definition) is 1. The van der Waals surface area contributed by atoms with Crippen LogP contribution in [0.5, 0.6) is 0 Å². The van der Waals surface area contributed by atoms with Crippen molar-refractivity contribution in [3.63, 3.8) is 0 Å². The molecule has 0 bridgehead atoms. The first-order chi connectivity index (χ1) is 7.13. The Morgan fingerprint density at radius 1 is 1.27 bits per heavy atom. The second-order valence-electron chi connectivity index (χ2n) is 5.25. The summed E-state index contributed by atoms with van der Waals surface area (Å²) in [4.78, 5) is 0. The van der Waals surface area contributed by atoms with E-state index >= 15 is 0 Å². The smallest absolute Gasteiger partial charge is 0.0211 e. The molecule has 1 unspecified atom stereocenters. The zero-order valence-corrected chi connectivity index (χ0v) is 10.0. The van der Waals surface area contributed by atoms with Crippen LogP contribution >= 0.6 is 0 Å². The zero-order chi connectivity index (χ0) is 10.9. The number of rotatable bonds is 4. The summed E-state index contributed by atoms with van der Waals surface area (Å²) in [6.07, 6.45) is 2.45. The predicted octanol–water partition coefficient (Wildman–Crippen LogP) is 3.14. The highest BCUT2D eigenvalue weighted by molar-refractivity contribution is 5.27. The van der Waals surface area contributed by atoms with E-state index < -0.39 is 0 Å². The van der Waals surface area contributed by atoms with Gasteiger partial charge in [0, 0.05) is 12.6 Å². The average Bonchev–Trinajstić information content (AvgIpc) is 2.84. The molecule has 1 N–H and O–H groups in total. The van der Waals surface area contributed by atoms with Crippen LogP contribution in [0.1, 0.15) is 38.3 Å². The van der Waals surface area contributed by atoms with E-state index in [4.69, 9.17) is 0 Å². The van der Waals surface area contributed by atoms with Crippen molar-refractivity contribution in [1.29, 1.82) is 0 Å². The van der Waals surface area contributed by atoms with Crippen molar-refractivity contribution in [2.75, 3.05) is 0 Å². The molecule has 1 aliphatic carbocycles. The topological polar surface area (TPSA) is 12.0 Å². The normalized spacial score (nSPS) is 22.7. The highest BCUT2D eigenvalue weighted by atomic mass is 15.0. The van der Waals surface area contributed by atoms with Gasteiger partial charge in [0.2, 0.25) is 0 Å². The summed E-state index contributed by atoms with van der Waals surface area (Å²) in [5.41, 5.74) is 3.47. The molecule has 1 nitrogen and oxygen atoms in total. The van der Waals surface area contributed by atoms with Crippen LogP contribution in [-0.2, 0) is 13.0 Å². The van der Waals surface area contributed by atoms with Gasteiger partial charge in [-0.3, -0.25) is 0 Å². The first-order valence-electron chi connectivity index (χ1n) is 5.93. The van der Waals surface area contributed by atoms with Crippen molar-refractivity contribution in [2.24, 2.45) is 5.41 Å². The molecule has 1 aliphatic rings. The maximum atomic E-state index is 3.64. The molecule has 1 aromatic rings. The molecule has 2 rings (SSSR count). The Balaban J connectivity index is 1.93. The maximum Gasteiger partial charge on any atom is 0.0211 e. The largest absolute Gasteiger partial charge is 0.309 e.